The van der Waals surface area contributed by atoms with Crippen LogP contribution in [-0.4, -0.2) is 74.5 Å². The molecule has 5 rings (SSSR count). The number of anilines is 1. The number of nitrogens with zero attached hydrogens (tertiary/aromatic N) is 5. The average molecular weight is 522 g/mol. The van der Waals surface area contributed by atoms with Gasteiger partial charge in [0.2, 0.25) is 5.82 Å². The molecule has 2 atom stereocenters. The van der Waals surface area contributed by atoms with Crippen LogP contribution in [0.25, 0.3) is 28.0 Å². The molecule has 1 aliphatic rings. The van der Waals surface area contributed by atoms with Crippen LogP contribution in [-0.2, 0) is 4.74 Å². The number of carbonyl (C=O) groups is 1. The topological polar surface area (TPSA) is 121 Å². The number of halogens is 1. The van der Waals surface area contributed by atoms with Crippen LogP contribution < -0.4 is 10.2 Å². The van der Waals surface area contributed by atoms with Crippen molar-refractivity contribution in [1.82, 2.24) is 30.3 Å². The summed E-state index contributed by atoms with van der Waals surface area (Å²) in [6.07, 6.45) is 0.232. The van der Waals surface area contributed by atoms with Gasteiger partial charge in [-0.2, -0.15) is 5.10 Å². The zero-order chi connectivity index (χ0) is 27.0. The molecule has 0 bridgehead atoms. The molecule has 1 amide bonds. The lowest BCUT2D eigenvalue weighted by Gasteiger charge is -2.36. The van der Waals surface area contributed by atoms with Crippen LogP contribution >= 0.6 is 0 Å². The molecule has 1 aliphatic heterocycles. The summed E-state index contributed by atoms with van der Waals surface area (Å²) in [5.41, 5.74) is 3.60. The number of nitrogens with one attached hydrogen (secondary N) is 2. The van der Waals surface area contributed by atoms with E-state index in [1.807, 2.05) is 38.1 Å². The first-order chi connectivity index (χ1) is 18.3. The van der Waals surface area contributed by atoms with Gasteiger partial charge >= 0.3 is 0 Å². The number of alkyl halides is 1. The Balaban J connectivity index is 1.60. The van der Waals surface area contributed by atoms with Gasteiger partial charge in [0.25, 0.3) is 5.91 Å². The Kier molecular flexibility index (Phi) is 7.02. The molecular formula is C27H32FN7O3. The van der Waals surface area contributed by atoms with Crippen molar-refractivity contribution in [1.29, 1.82) is 0 Å². The summed E-state index contributed by atoms with van der Waals surface area (Å²) >= 11 is 0. The van der Waals surface area contributed by atoms with E-state index in [1.165, 1.54) is 0 Å². The third-order valence-corrected chi connectivity index (χ3v) is 6.66. The maximum Gasteiger partial charge on any atom is 0.289 e. The summed E-state index contributed by atoms with van der Waals surface area (Å²) in [6.45, 7) is 8.91. The van der Waals surface area contributed by atoms with Gasteiger partial charge in [0, 0.05) is 48.2 Å². The van der Waals surface area contributed by atoms with Gasteiger partial charge in [-0.05, 0) is 50.1 Å². The molecule has 10 nitrogen and oxygen atoms in total. The highest BCUT2D eigenvalue weighted by Crippen LogP contribution is 2.36. The molecule has 0 radical (unpaired) electrons. The van der Waals surface area contributed by atoms with Crippen LogP contribution in [0.1, 0.15) is 49.9 Å². The highest BCUT2D eigenvalue weighted by molar-refractivity contribution is 5.93. The van der Waals surface area contributed by atoms with E-state index >= 15 is 0 Å². The number of fused-ring (bicyclic) bond motifs is 1. The maximum absolute atomic E-state index is 12.9. The van der Waals surface area contributed by atoms with Crippen LogP contribution in [0.4, 0.5) is 10.1 Å². The standard InChI is InChI=1S/C27H32FN7O3/c1-15(2)24-20-11-21(23(36)12-22(20)30-31-24)25-32-33-26(27(37)29-10-9-28)35(25)19-7-5-18(6-8-19)34-13-16(3)38-17(4)14-34/h5-8,11-12,15-17,36H,9-10,13-14H2,1-4H3,(H,29,37)(H,30,31). The zero-order valence-electron chi connectivity index (χ0n) is 21.9. The third-order valence-electron chi connectivity index (χ3n) is 6.66. The molecule has 2 aromatic heterocycles. The lowest BCUT2D eigenvalue weighted by atomic mass is 10.0. The number of benzene rings is 2. The molecule has 1 fully saturated rings. The Bertz CT molecular complexity index is 1440. The minimum absolute atomic E-state index is 0.00871. The number of H-pyrrole nitrogens is 1. The first kappa shape index (κ1) is 25.7. The largest absolute Gasteiger partial charge is 0.507 e. The fraction of sp³-hybridized carbons (Fsp3) is 0.407. The number of rotatable bonds is 7. The molecule has 0 saturated carbocycles. The number of amides is 1. The third kappa shape index (κ3) is 4.81. The van der Waals surface area contributed by atoms with Gasteiger partial charge in [0.05, 0.1) is 23.3 Å². The molecule has 0 spiro atoms. The van der Waals surface area contributed by atoms with Gasteiger partial charge in [-0.3, -0.25) is 14.5 Å². The Hall–Kier alpha value is -3.99. The van der Waals surface area contributed by atoms with Crippen LogP contribution in [0.3, 0.4) is 0 Å². The van der Waals surface area contributed by atoms with E-state index in [1.54, 1.807) is 16.7 Å². The molecule has 4 aromatic rings. The van der Waals surface area contributed by atoms with Gasteiger partial charge in [-0.15, -0.1) is 10.2 Å². The number of hydrogen-bond donors (Lipinski definition) is 3. The monoisotopic (exact) mass is 521 g/mol. The second-order valence-corrected chi connectivity index (χ2v) is 9.98. The summed E-state index contributed by atoms with van der Waals surface area (Å²) in [4.78, 5) is 15.2. The number of phenolic OH excluding ortho intramolecular Hbond substituents is 1. The summed E-state index contributed by atoms with van der Waals surface area (Å²) in [7, 11) is 0. The van der Waals surface area contributed by atoms with Gasteiger partial charge < -0.3 is 20.1 Å². The number of carbonyl (C=O) groups excluding carboxylic acids is 1. The summed E-state index contributed by atoms with van der Waals surface area (Å²) < 4.78 is 20.2. The van der Waals surface area contributed by atoms with E-state index in [9.17, 15) is 14.3 Å². The number of morpholine rings is 1. The molecule has 38 heavy (non-hydrogen) atoms. The van der Waals surface area contributed by atoms with Crippen molar-refractivity contribution in [3.05, 3.63) is 47.9 Å². The van der Waals surface area contributed by atoms with Crippen molar-refractivity contribution in [3.8, 4) is 22.8 Å². The lowest BCUT2D eigenvalue weighted by molar-refractivity contribution is -0.00521. The number of aromatic amines is 1. The van der Waals surface area contributed by atoms with Crippen molar-refractivity contribution in [3.63, 3.8) is 0 Å². The van der Waals surface area contributed by atoms with E-state index < -0.39 is 12.6 Å². The highest BCUT2D eigenvalue weighted by Gasteiger charge is 2.26. The van der Waals surface area contributed by atoms with Crippen molar-refractivity contribution in [2.45, 2.75) is 45.8 Å². The van der Waals surface area contributed by atoms with Crippen LogP contribution in [0, 0.1) is 0 Å². The van der Waals surface area contributed by atoms with E-state index in [4.69, 9.17) is 4.74 Å². The quantitative estimate of drug-likeness (QED) is 0.337. The molecule has 2 aromatic carbocycles. The summed E-state index contributed by atoms with van der Waals surface area (Å²) in [5.74, 6) is -0.155. The van der Waals surface area contributed by atoms with Gasteiger partial charge in [-0.25, -0.2) is 4.39 Å². The van der Waals surface area contributed by atoms with Crippen LogP contribution in [0.5, 0.6) is 5.75 Å². The van der Waals surface area contributed by atoms with Gasteiger partial charge in [0.15, 0.2) is 5.82 Å². The van der Waals surface area contributed by atoms with E-state index in [0.717, 1.165) is 29.9 Å². The Morgan fingerprint density at radius 1 is 1.16 bits per heavy atom. The first-order valence-electron chi connectivity index (χ1n) is 12.8. The van der Waals surface area contributed by atoms with Crippen LogP contribution in [0.2, 0.25) is 0 Å². The number of aromatic nitrogens is 5. The molecule has 2 unspecified atom stereocenters. The van der Waals surface area contributed by atoms with Crippen LogP contribution in [0.15, 0.2) is 36.4 Å². The number of ether oxygens (including phenoxy) is 1. The molecule has 3 N–H and O–H groups in total. The molecule has 0 aliphatic carbocycles. The second kappa shape index (κ2) is 10.4. The minimum atomic E-state index is -0.701. The molecule has 1 saturated heterocycles. The fourth-order valence-electron chi connectivity index (χ4n) is 4.98. The zero-order valence-corrected chi connectivity index (χ0v) is 21.9. The molecule has 200 valence electrons. The summed E-state index contributed by atoms with van der Waals surface area (Å²) in [6, 6.07) is 11.1. The van der Waals surface area contributed by atoms with Gasteiger partial charge in [-0.1, -0.05) is 13.8 Å². The lowest BCUT2D eigenvalue weighted by Crippen LogP contribution is -2.45. The summed E-state index contributed by atoms with van der Waals surface area (Å²) in [5, 5.41) is 30.1. The molecular weight excluding hydrogens is 489 g/mol. The predicted octanol–water partition coefficient (Wildman–Crippen LogP) is 3.95. The van der Waals surface area contributed by atoms with Crippen molar-refractivity contribution in [2.24, 2.45) is 0 Å². The Morgan fingerprint density at radius 3 is 2.50 bits per heavy atom. The van der Waals surface area contributed by atoms with E-state index in [0.29, 0.717) is 16.8 Å². The Morgan fingerprint density at radius 2 is 1.84 bits per heavy atom. The van der Waals surface area contributed by atoms with Crippen molar-refractivity contribution in [2.75, 3.05) is 31.2 Å². The number of aromatic hydroxyl groups is 1. The number of hydrogen-bond acceptors (Lipinski definition) is 7. The van der Waals surface area contributed by atoms with Crippen molar-refractivity contribution >= 4 is 22.5 Å². The Labute approximate surface area is 219 Å². The normalized spacial score (nSPS) is 17.9. The minimum Gasteiger partial charge on any atom is -0.507 e. The second-order valence-electron chi connectivity index (χ2n) is 9.98. The fourth-order valence-corrected chi connectivity index (χ4v) is 4.98. The molecule has 11 heteroatoms. The first-order valence-corrected chi connectivity index (χ1v) is 12.8. The average Bonchev–Trinajstić information content (AvgIpc) is 3.50. The smallest absolute Gasteiger partial charge is 0.289 e. The van der Waals surface area contributed by atoms with E-state index in [-0.39, 0.29) is 42.1 Å². The highest BCUT2D eigenvalue weighted by atomic mass is 19.1. The van der Waals surface area contributed by atoms with Gasteiger partial charge in [0.1, 0.15) is 12.4 Å². The molecule has 3 heterocycles. The number of phenols is 1. The van der Waals surface area contributed by atoms with E-state index in [2.05, 4.69) is 44.5 Å². The maximum atomic E-state index is 12.9. The van der Waals surface area contributed by atoms with Crippen molar-refractivity contribution < 1.29 is 19.0 Å². The predicted molar refractivity (Wildman–Crippen MR) is 143 cm³/mol. The SMILES string of the molecule is CC1CN(c2ccc(-n3c(C(=O)NCCF)nnc3-c3cc4c(C(C)C)[nH]nc4cc3O)cc2)CC(C)O1.